The molecule has 1 atom stereocenters. The number of carbonyl (C=O) groups excluding carboxylic acids is 1. The number of primary amides is 1. The molecule has 4 nitrogen and oxygen atoms in total. The molecule has 0 saturated carbocycles. The summed E-state index contributed by atoms with van der Waals surface area (Å²) in [4.78, 5) is 12.3. The van der Waals surface area contributed by atoms with E-state index < -0.39 is 17.6 Å². The van der Waals surface area contributed by atoms with Gasteiger partial charge in [0.05, 0.1) is 13.2 Å². The SMILES string of the molecule is NC(=O)C(CCOC(c1ccccc1)(c1ccccc1)c1ccccc1)OCCc1ccc2ccsc2c1. The third-order valence-corrected chi connectivity index (χ3v) is 7.67. The molecule has 0 saturated heterocycles. The van der Waals surface area contributed by atoms with Crippen molar-refractivity contribution in [1.82, 2.24) is 0 Å². The van der Waals surface area contributed by atoms with Gasteiger partial charge in [0, 0.05) is 11.1 Å². The van der Waals surface area contributed by atoms with Crippen LogP contribution in [0.15, 0.2) is 121 Å². The van der Waals surface area contributed by atoms with E-state index in [2.05, 4.69) is 66.0 Å². The van der Waals surface area contributed by atoms with E-state index in [4.69, 9.17) is 15.2 Å². The Labute approximate surface area is 227 Å². The zero-order chi connectivity index (χ0) is 26.2. The van der Waals surface area contributed by atoms with Crippen molar-refractivity contribution >= 4 is 27.3 Å². The Balaban J connectivity index is 1.33. The van der Waals surface area contributed by atoms with Crippen molar-refractivity contribution < 1.29 is 14.3 Å². The first-order chi connectivity index (χ1) is 18.7. The molecule has 38 heavy (non-hydrogen) atoms. The van der Waals surface area contributed by atoms with Crippen LogP contribution in [-0.4, -0.2) is 25.2 Å². The highest BCUT2D eigenvalue weighted by atomic mass is 32.1. The highest BCUT2D eigenvalue weighted by Gasteiger charge is 2.37. The summed E-state index contributed by atoms with van der Waals surface area (Å²) in [5.74, 6) is -0.480. The van der Waals surface area contributed by atoms with Gasteiger partial charge in [-0.1, -0.05) is 103 Å². The summed E-state index contributed by atoms with van der Waals surface area (Å²) in [6, 6.07) is 39.1. The normalized spacial score (nSPS) is 12.4. The van der Waals surface area contributed by atoms with Crippen molar-refractivity contribution in [2.75, 3.05) is 13.2 Å². The number of fused-ring (bicyclic) bond motifs is 1. The van der Waals surface area contributed by atoms with Gasteiger partial charge >= 0.3 is 0 Å². The van der Waals surface area contributed by atoms with Gasteiger partial charge in [-0.15, -0.1) is 11.3 Å². The number of hydrogen-bond acceptors (Lipinski definition) is 4. The molecule has 5 aromatic rings. The molecule has 1 unspecified atom stereocenters. The number of ether oxygens (including phenoxy) is 2. The lowest BCUT2D eigenvalue weighted by Gasteiger charge is -2.36. The van der Waals surface area contributed by atoms with E-state index >= 15 is 0 Å². The van der Waals surface area contributed by atoms with E-state index in [-0.39, 0.29) is 6.61 Å². The van der Waals surface area contributed by atoms with Crippen LogP contribution in [0.1, 0.15) is 28.7 Å². The highest BCUT2D eigenvalue weighted by Crippen LogP contribution is 2.40. The fourth-order valence-electron chi connectivity index (χ4n) is 4.87. The summed E-state index contributed by atoms with van der Waals surface area (Å²) in [6.45, 7) is 0.694. The third-order valence-electron chi connectivity index (χ3n) is 6.79. The Morgan fingerprint density at radius 3 is 1.89 bits per heavy atom. The quantitative estimate of drug-likeness (QED) is 0.186. The highest BCUT2D eigenvalue weighted by molar-refractivity contribution is 7.17. The standard InChI is InChI=1S/C33H31NO3S/c34-32(35)30(36-21-18-25-16-17-26-20-23-38-31(26)24-25)19-22-37-33(27-10-4-1-5-11-27,28-12-6-2-7-13-28)29-14-8-3-9-15-29/h1-17,20,23-24,30H,18-19,21-22H2,(H2,34,35). The number of hydrogen-bond donors (Lipinski definition) is 1. The lowest BCUT2D eigenvalue weighted by molar-refractivity contribution is -0.131. The molecule has 1 heterocycles. The van der Waals surface area contributed by atoms with Crippen molar-refractivity contribution in [3.8, 4) is 0 Å². The Kier molecular flexibility index (Phi) is 8.29. The minimum atomic E-state index is -0.845. The van der Waals surface area contributed by atoms with Crippen LogP contribution in [0.2, 0.25) is 0 Å². The maximum atomic E-state index is 12.3. The average molecular weight is 522 g/mol. The van der Waals surface area contributed by atoms with Gasteiger partial charge in [0.1, 0.15) is 11.7 Å². The van der Waals surface area contributed by atoms with Crippen LogP contribution in [0.3, 0.4) is 0 Å². The number of rotatable bonds is 12. The molecule has 0 aliphatic carbocycles. The van der Waals surface area contributed by atoms with Crippen LogP contribution in [0, 0.1) is 0 Å². The van der Waals surface area contributed by atoms with E-state index in [1.165, 1.54) is 15.6 Å². The number of carbonyl (C=O) groups is 1. The van der Waals surface area contributed by atoms with Gasteiger partial charge in [-0.05, 0) is 51.6 Å². The van der Waals surface area contributed by atoms with Crippen LogP contribution in [-0.2, 0) is 26.3 Å². The van der Waals surface area contributed by atoms with Crippen molar-refractivity contribution in [2.45, 2.75) is 24.5 Å². The Bertz CT molecular complexity index is 1350. The minimum Gasteiger partial charge on any atom is -0.368 e. The molecule has 1 aromatic heterocycles. The number of nitrogens with two attached hydrogens (primary N) is 1. The largest absolute Gasteiger partial charge is 0.368 e. The van der Waals surface area contributed by atoms with Crippen LogP contribution in [0.4, 0.5) is 0 Å². The number of thiophene rings is 1. The molecule has 0 aliphatic rings. The first-order valence-electron chi connectivity index (χ1n) is 12.8. The number of benzene rings is 4. The lowest BCUT2D eigenvalue weighted by Crippen LogP contribution is -2.37. The monoisotopic (exact) mass is 521 g/mol. The fourth-order valence-corrected chi connectivity index (χ4v) is 5.72. The summed E-state index contributed by atoms with van der Waals surface area (Å²) in [6.07, 6.45) is 0.328. The second kappa shape index (κ2) is 12.2. The summed E-state index contributed by atoms with van der Waals surface area (Å²) in [7, 11) is 0. The Morgan fingerprint density at radius 1 is 0.763 bits per heavy atom. The predicted octanol–water partition coefficient (Wildman–Crippen LogP) is 6.71. The van der Waals surface area contributed by atoms with E-state index in [9.17, 15) is 4.79 Å². The Morgan fingerprint density at radius 2 is 1.34 bits per heavy atom. The van der Waals surface area contributed by atoms with Gasteiger partial charge in [-0.3, -0.25) is 4.79 Å². The van der Waals surface area contributed by atoms with Gasteiger partial charge in [-0.2, -0.15) is 0 Å². The van der Waals surface area contributed by atoms with Gasteiger partial charge in [0.25, 0.3) is 0 Å². The summed E-state index contributed by atoms with van der Waals surface area (Å²) in [5, 5.41) is 3.33. The second-order valence-electron chi connectivity index (χ2n) is 9.22. The molecule has 1 amide bonds. The van der Waals surface area contributed by atoms with Crippen LogP contribution >= 0.6 is 11.3 Å². The van der Waals surface area contributed by atoms with Crippen LogP contribution in [0.25, 0.3) is 10.1 Å². The number of amides is 1. The van der Waals surface area contributed by atoms with Crippen LogP contribution < -0.4 is 5.73 Å². The van der Waals surface area contributed by atoms with E-state index in [0.29, 0.717) is 19.4 Å². The maximum Gasteiger partial charge on any atom is 0.246 e. The van der Waals surface area contributed by atoms with Crippen LogP contribution in [0.5, 0.6) is 0 Å². The summed E-state index contributed by atoms with van der Waals surface area (Å²) < 4.78 is 14.0. The molecule has 0 bridgehead atoms. The molecule has 0 spiro atoms. The molecule has 5 heteroatoms. The molecule has 0 fully saturated rings. The molecular formula is C33H31NO3S. The molecule has 0 radical (unpaired) electrons. The zero-order valence-electron chi connectivity index (χ0n) is 21.2. The third kappa shape index (κ3) is 5.70. The summed E-state index contributed by atoms with van der Waals surface area (Å²) >= 11 is 1.72. The van der Waals surface area contributed by atoms with E-state index in [1.54, 1.807) is 11.3 Å². The predicted molar refractivity (Wildman–Crippen MR) is 154 cm³/mol. The van der Waals surface area contributed by atoms with E-state index in [0.717, 1.165) is 16.7 Å². The minimum absolute atomic E-state index is 0.285. The molecular weight excluding hydrogens is 490 g/mol. The summed E-state index contributed by atoms with van der Waals surface area (Å²) in [5.41, 5.74) is 9.11. The fraction of sp³-hybridized carbons (Fsp3) is 0.182. The molecule has 5 rings (SSSR count). The average Bonchev–Trinajstić information content (AvgIpc) is 3.44. The molecule has 4 aromatic carbocycles. The van der Waals surface area contributed by atoms with Gasteiger partial charge < -0.3 is 15.2 Å². The van der Waals surface area contributed by atoms with Gasteiger partial charge in [-0.25, -0.2) is 0 Å². The first-order valence-corrected chi connectivity index (χ1v) is 13.7. The van der Waals surface area contributed by atoms with Crippen molar-refractivity contribution in [3.63, 3.8) is 0 Å². The smallest absolute Gasteiger partial charge is 0.246 e. The van der Waals surface area contributed by atoms with Crippen molar-refractivity contribution in [1.29, 1.82) is 0 Å². The second-order valence-corrected chi connectivity index (χ2v) is 10.2. The zero-order valence-corrected chi connectivity index (χ0v) is 22.0. The van der Waals surface area contributed by atoms with Crippen molar-refractivity contribution in [2.24, 2.45) is 5.73 Å². The Hall–Kier alpha value is -3.77. The van der Waals surface area contributed by atoms with Crippen molar-refractivity contribution in [3.05, 3.63) is 143 Å². The topological polar surface area (TPSA) is 61.6 Å². The van der Waals surface area contributed by atoms with E-state index in [1.807, 2.05) is 54.6 Å². The first kappa shape index (κ1) is 25.9. The maximum absolute atomic E-state index is 12.3. The lowest BCUT2D eigenvalue weighted by atomic mass is 9.80. The van der Waals surface area contributed by atoms with Gasteiger partial charge in [0.2, 0.25) is 5.91 Å². The van der Waals surface area contributed by atoms with Gasteiger partial charge in [0.15, 0.2) is 0 Å². The molecule has 0 aliphatic heterocycles. The molecule has 2 N–H and O–H groups in total. The molecule has 192 valence electrons.